The average molecular weight is 276 g/mol. The third-order valence-electron chi connectivity index (χ3n) is 3.95. The van der Waals surface area contributed by atoms with Crippen molar-refractivity contribution in [1.29, 1.82) is 0 Å². The molecule has 1 aromatic rings. The van der Waals surface area contributed by atoms with Crippen molar-refractivity contribution in [3.63, 3.8) is 0 Å². The Morgan fingerprint density at radius 2 is 2.15 bits per heavy atom. The molecular formula is C15H20N2O3. The van der Waals surface area contributed by atoms with E-state index in [-0.39, 0.29) is 11.5 Å². The van der Waals surface area contributed by atoms with Crippen molar-refractivity contribution in [2.75, 3.05) is 11.4 Å². The summed E-state index contributed by atoms with van der Waals surface area (Å²) in [7, 11) is 0. The van der Waals surface area contributed by atoms with Crippen LogP contribution in [-0.2, 0) is 0 Å². The number of hydrogen-bond donors (Lipinski definition) is 0. The molecule has 0 aromatic heterocycles. The third-order valence-corrected chi connectivity index (χ3v) is 3.95. The largest absolute Gasteiger partial charge is 0.368 e. The Morgan fingerprint density at radius 1 is 1.45 bits per heavy atom. The number of anilines is 1. The predicted molar refractivity (Wildman–Crippen MR) is 78.3 cm³/mol. The minimum Gasteiger partial charge on any atom is -0.368 e. The lowest BCUT2D eigenvalue weighted by Crippen LogP contribution is -2.34. The summed E-state index contributed by atoms with van der Waals surface area (Å²) in [6.07, 6.45) is 2.20. The van der Waals surface area contributed by atoms with Crippen LogP contribution in [0.2, 0.25) is 0 Å². The molecule has 20 heavy (non-hydrogen) atoms. The fourth-order valence-corrected chi connectivity index (χ4v) is 2.95. The highest BCUT2D eigenvalue weighted by Crippen LogP contribution is 2.34. The van der Waals surface area contributed by atoms with Crippen molar-refractivity contribution in [2.24, 2.45) is 5.92 Å². The van der Waals surface area contributed by atoms with Gasteiger partial charge in [0, 0.05) is 36.0 Å². The number of nitro benzene ring substituents is 1. The molecule has 1 fully saturated rings. The Hall–Kier alpha value is -1.91. The van der Waals surface area contributed by atoms with E-state index < -0.39 is 4.92 Å². The van der Waals surface area contributed by atoms with Crippen LogP contribution in [0.15, 0.2) is 18.2 Å². The van der Waals surface area contributed by atoms with E-state index in [1.807, 2.05) is 0 Å². The number of Topliss-reactive ketones (excluding diaryl/α,β-unsaturated/α-hetero) is 1. The van der Waals surface area contributed by atoms with Gasteiger partial charge in [-0.1, -0.05) is 13.8 Å². The van der Waals surface area contributed by atoms with Gasteiger partial charge in [0.05, 0.1) is 4.92 Å². The zero-order valence-electron chi connectivity index (χ0n) is 12.1. The van der Waals surface area contributed by atoms with Gasteiger partial charge in [-0.25, -0.2) is 0 Å². The van der Waals surface area contributed by atoms with Crippen LogP contribution in [0.25, 0.3) is 0 Å². The molecule has 1 aromatic carbocycles. The van der Waals surface area contributed by atoms with Crippen LogP contribution in [-0.4, -0.2) is 23.3 Å². The Kier molecular flexibility index (Phi) is 4.06. The number of carbonyl (C=O) groups excluding carboxylic acids is 1. The molecule has 0 radical (unpaired) electrons. The maximum absolute atomic E-state index is 11.8. The molecule has 0 saturated carbocycles. The number of nitrogens with zero attached hydrogens (tertiary/aromatic N) is 2. The molecule has 0 bridgehead atoms. The first-order valence-electron chi connectivity index (χ1n) is 6.98. The van der Waals surface area contributed by atoms with Crippen LogP contribution in [0.5, 0.6) is 0 Å². The maximum atomic E-state index is 11.8. The van der Waals surface area contributed by atoms with Gasteiger partial charge >= 0.3 is 0 Å². The first-order valence-corrected chi connectivity index (χ1v) is 6.98. The van der Waals surface area contributed by atoms with Gasteiger partial charge in [0.2, 0.25) is 0 Å². The lowest BCUT2D eigenvalue weighted by molar-refractivity contribution is -0.384. The quantitative estimate of drug-likeness (QED) is 0.480. The molecular weight excluding hydrogens is 256 g/mol. The van der Waals surface area contributed by atoms with E-state index in [1.165, 1.54) is 19.1 Å². The maximum Gasteiger partial charge on any atom is 0.270 e. The molecule has 1 saturated heterocycles. The minimum absolute atomic E-state index is 0.0285. The fraction of sp³-hybridized carbons (Fsp3) is 0.533. The number of nitro groups is 1. The highest BCUT2D eigenvalue weighted by Gasteiger charge is 2.30. The molecule has 5 heteroatoms. The molecule has 1 heterocycles. The molecule has 108 valence electrons. The van der Waals surface area contributed by atoms with Crippen LogP contribution in [0.3, 0.4) is 0 Å². The smallest absolute Gasteiger partial charge is 0.270 e. The average Bonchev–Trinajstić information content (AvgIpc) is 2.86. The standard InChI is InChI=1S/C15H20N2O3/c1-10(2)14-5-4-8-16(14)15-7-6-12(17(19)20)9-13(15)11(3)18/h6-7,9-10,14H,4-5,8H2,1-3H3. The first-order chi connectivity index (χ1) is 9.41. The molecule has 1 unspecified atom stereocenters. The van der Waals surface area contributed by atoms with E-state index >= 15 is 0 Å². The SMILES string of the molecule is CC(=O)c1cc([N+](=O)[O-])ccc1N1CCCC1C(C)C. The van der Waals surface area contributed by atoms with Crippen molar-refractivity contribution in [2.45, 2.75) is 39.7 Å². The summed E-state index contributed by atoms with van der Waals surface area (Å²) in [5, 5.41) is 10.9. The highest BCUT2D eigenvalue weighted by molar-refractivity contribution is 6.00. The van der Waals surface area contributed by atoms with Crippen LogP contribution < -0.4 is 4.90 Å². The van der Waals surface area contributed by atoms with Crippen LogP contribution in [0.4, 0.5) is 11.4 Å². The van der Waals surface area contributed by atoms with Crippen LogP contribution >= 0.6 is 0 Å². The summed E-state index contributed by atoms with van der Waals surface area (Å²) in [6, 6.07) is 5.00. The summed E-state index contributed by atoms with van der Waals surface area (Å²) in [5.74, 6) is 0.366. The number of non-ortho nitro benzene ring substituents is 1. The summed E-state index contributed by atoms with van der Waals surface area (Å²) in [6.45, 7) is 6.70. The number of ketones is 1. The Morgan fingerprint density at radius 3 is 2.70 bits per heavy atom. The van der Waals surface area contributed by atoms with Gasteiger partial charge in [-0.2, -0.15) is 0 Å². The molecule has 0 amide bonds. The van der Waals surface area contributed by atoms with Gasteiger partial charge in [0.15, 0.2) is 5.78 Å². The Labute approximate surface area is 118 Å². The Bertz CT molecular complexity index is 540. The van der Waals surface area contributed by atoms with Gasteiger partial charge in [0.1, 0.15) is 0 Å². The van der Waals surface area contributed by atoms with Crippen LogP contribution in [0, 0.1) is 16.0 Å². The molecule has 1 atom stereocenters. The van der Waals surface area contributed by atoms with Crippen molar-refractivity contribution < 1.29 is 9.72 Å². The zero-order chi connectivity index (χ0) is 14.9. The molecule has 0 aliphatic carbocycles. The second kappa shape index (κ2) is 5.61. The summed E-state index contributed by atoms with van der Waals surface area (Å²) < 4.78 is 0. The molecule has 0 N–H and O–H groups in total. The number of hydrogen-bond acceptors (Lipinski definition) is 4. The third kappa shape index (κ3) is 2.66. The normalized spacial score (nSPS) is 18.6. The predicted octanol–water partition coefficient (Wildman–Crippen LogP) is 3.42. The summed E-state index contributed by atoms with van der Waals surface area (Å²) in [5.41, 5.74) is 1.25. The second-order valence-corrected chi connectivity index (χ2v) is 5.66. The summed E-state index contributed by atoms with van der Waals surface area (Å²) in [4.78, 5) is 24.5. The molecule has 0 spiro atoms. The van der Waals surface area contributed by atoms with E-state index in [9.17, 15) is 14.9 Å². The van der Waals surface area contributed by atoms with E-state index in [2.05, 4.69) is 18.7 Å². The van der Waals surface area contributed by atoms with Gasteiger partial charge in [0.25, 0.3) is 5.69 Å². The van der Waals surface area contributed by atoms with E-state index in [1.54, 1.807) is 6.07 Å². The van der Waals surface area contributed by atoms with Crippen molar-refractivity contribution in [1.82, 2.24) is 0 Å². The van der Waals surface area contributed by atoms with Crippen molar-refractivity contribution in [3.05, 3.63) is 33.9 Å². The molecule has 1 aliphatic heterocycles. The molecule has 5 nitrogen and oxygen atoms in total. The van der Waals surface area contributed by atoms with E-state index in [0.29, 0.717) is 17.5 Å². The van der Waals surface area contributed by atoms with Gasteiger partial charge < -0.3 is 4.90 Å². The van der Waals surface area contributed by atoms with E-state index in [0.717, 1.165) is 25.1 Å². The van der Waals surface area contributed by atoms with Gasteiger partial charge in [-0.3, -0.25) is 14.9 Å². The number of rotatable bonds is 4. The van der Waals surface area contributed by atoms with Crippen molar-refractivity contribution >= 4 is 17.2 Å². The van der Waals surface area contributed by atoms with E-state index in [4.69, 9.17) is 0 Å². The van der Waals surface area contributed by atoms with Crippen molar-refractivity contribution in [3.8, 4) is 0 Å². The number of benzene rings is 1. The molecule has 2 rings (SSSR count). The highest BCUT2D eigenvalue weighted by atomic mass is 16.6. The summed E-state index contributed by atoms with van der Waals surface area (Å²) >= 11 is 0. The van der Waals surface area contributed by atoms with Crippen LogP contribution in [0.1, 0.15) is 44.0 Å². The topological polar surface area (TPSA) is 63.4 Å². The lowest BCUT2D eigenvalue weighted by Gasteiger charge is -2.31. The first kappa shape index (κ1) is 14.5. The second-order valence-electron chi connectivity index (χ2n) is 5.66. The molecule has 1 aliphatic rings. The Balaban J connectivity index is 2.45. The lowest BCUT2D eigenvalue weighted by atomic mass is 10.00. The fourth-order valence-electron chi connectivity index (χ4n) is 2.95. The monoisotopic (exact) mass is 276 g/mol. The van der Waals surface area contributed by atoms with Gasteiger partial charge in [-0.15, -0.1) is 0 Å². The zero-order valence-corrected chi connectivity index (χ0v) is 12.1. The number of carbonyl (C=O) groups is 1. The van der Waals surface area contributed by atoms with Gasteiger partial charge in [-0.05, 0) is 31.7 Å². The minimum atomic E-state index is -0.458.